The molecule has 0 radical (unpaired) electrons. The maximum Gasteiger partial charge on any atom is 0.228 e. The maximum atomic E-state index is 13.3. The van der Waals surface area contributed by atoms with Gasteiger partial charge in [0.15, 0.2) is 0 Å². The summed E-state index contributed by atoms with van der Waals surface area (Å²) in [6, 6.07) is 9.41. The van der Waals surface area contributed by atoms with E-state index in [0.29, 0.717) is 11.4 Å². The number of hydrogen-bond acceptors (Lipinski definition) is 3. The van der Waals surface area contributed by atoms with Gasteiger partial charge in [0.2, 0.25) is 5.91 Å². The summed E-state index contributed by atoms with van der Waals surface area (Å²) < 4.78 is 18.5. The molecule has 0 unspecified atom stereocenters. The third kappa shape index (κ3) is 3.42. The van der Waals surface area contributed by atoms with E-state index in [1.54, 1.807) is 24.3 Å². The molecule has 0 aliphatic carbocycles. The Morgan fingerprint density at radius 1 is 1.32 bits per heavy atom. The van der Waals surface area contributed by atoms with Gasteiger partial charge in [-0.05, 0) is 30.3 Å². The van der Waals surface area contributed by atoms with Crippen molar-refractivity contribution >= 4 is 11.6 Å². The van der Waals surface area contributed by atoms with E-state index < -0.39 is 0 Å². The molecule has 0 saturated heterocycles. The molecular weight excluding hydrogens is 247 g/mol. The fraction of sp³-hybridized carbons (Fsp3) is 0.214. The smallest absolute Gasteiger partial charge is 0.228 e. The van der Waals surface area contributed by atoms with Crippen LogP contribution in [-0.4, -0.2) is 12.5 Å². The molecule has 2 aromatic rings. The number of carbonyl (C=O) groups is 1. The first-order valence-corrected chi connectivity index (χ1v) is 5.99. The summed E-state index contributed by atoms with van der Waals surface area (Å²) in [5.41, 5.74) is 5.90. The van der Waals surface area contributed by atoms with E-state index in [1.165, 1.54) is 23.3 Å². The van der Waals surface area contributed by atoms with Gasteiger partial charge < -0.3 is 15.1 Å². The number of furan rings is 1. The van der Waals surface area contributed by atoms with E-state index in [-0.39, 0.29) is 31.2 Å². The second kappa shape index (κ2) is 6.15. The summed E-state index contributed by atoms with van der Waals surface area (Å²) in [4.78, 5) is 13.5. The average Bonchev–Trinajstić information content (AvgIpc) is 2.89. The van der Waals surface area contributed by atoms with E-state index in [9.17, 15) is 9.18 Å². The van der Waals surface area contributed by atoms with Crippen LogP contribution in [0.1, 0.15) is 12.2 Å². The summed E-state index contributed by atoms with van der Waals surface area (Å²) in [6.07, 6.45) is 1.74. The monoisotopic (exact) mass is 262 g/mol. The van der Waals surface area contributed by atoms with Gasteiger partial charge in [-0.3, -0.25) is 4.79 Å². The van der Waals surface area contributed by atoms with E-state index in [0.717, 1.165) is 0 Å². The lowest BCUT2D eigenvalue weighted by atomic mass is 10.2. The van der Waals surface area contributed by atoms with Crippen LogP contribution in [0.3, 0.4) is 0 Å². The van der Waals surface area contributed by atoms with Gasteiger partial charge in [-0.25, -0.2) is 4.39 Å². The van der Waals surface area contributed by atoms with Crippen LogP contribution in [0.15, 0.2) is 47.1 Å². The van der Waals surface area contributed by atoms with Crippen LogP contribution in [0.4, 0.5) is 10.1 Å². The number of nitrogens with two attached hydrogens (primary N) is 1. The van der Waals surface area contributed by atoms with Gasteiger partial charge in [0.05, 0.1) is 12.8 Å². The normalized spacial score (nSPS) is 10.4. The highest BCUT2D eigenvalue weighted by Crippen LogP contribution is 2.19. The third-order valence-corrected chi connectivity index (χ3v) is 2.67. The van der Waals surface area contributed by atoms with Crippen molar-refractivity contribution in [3.63, 3.8) is 0 Å². The topological polar surface area (TPSA) is 59.5 Å². The molecule has 2 N–H and O–H groups in total. The van der Waals surface area contributed by atoms with Gasteiger partial charge in [0, 0.05) is 18.7 Å². The minimum absolute atomic E-state index is 0.162. The number of nitrogens with zero attached hydrogens (tertiary/aromatic N) is 1. The van der Waals surface area contributed by atoms with Crippen molar-refractivity contribution in [1.29, 1.82) is 0 Å². The fourth-order valence-electron chi connectivity index (χ4n) is 1.78. The molecule has 1 heterocycles. The number of anilines is 1. The lowest BCUT2D eigenvalue weighted by Crippen LogP contribution is -2.31. The molecule has 19 heavy (non-hydrogen) atoms. The van der Waals surface area contributed by atoms with E-state index in [4.69, 9.17) is 10.2 Å². The Labute approximate surface area is 110 Å². The first-order valence-electron chi connectivity index (χ1n) is 5.99. The summed E-state index contributed by atoms with van der Waals surface area (Å²) >= 11 is 0. The molecule has 1 aromatic heterocycles. The predicted molar refractivity (Wildman–Crippen MR) is 70.0 cm³/mol. The number of amides is 1. The molecule has 0 atom stereocenters. The van der Waals surface area contributed by atoms with Crippen molar-refractivity contribution in [3.05, 3.63) is 54.2 Å². The lowest BCUT2D eigenvalue weighted by Gasteiger charge is -2.21. The number of carbonyl (C=O) groups excluding carboxylic acids is 1. The van der Waals surface area contributed by atoms with Gasteiger partial charge in [0.1, 0.15) is 11.6 Å². The van der Waals surface area contributed by atoms with Crippen LogP contribution in [0.25, 0.3) is 0 Å². The van der Waals surface area contributed by atoms with E-state index in [2.05, 4.69) is 0 Å². The number of halogens is 1. The van der Waals surface area contributed by atoms with Crippen molar-refractivity contribution in [1.82, 2.24) is 0 Å². The molecule has 0 aliphatic rings. The molecular formula is C14H15FN2O2. The minimum Gasteiger partial charge on any atom is -0.467 e. The van der Waals surface area contributed by atoms with Gasteiger partial charge in [0.25, 0.3) is 0 Å². The minimum atomic E-state index is -0.387. The highest BCUT2D eigenvalue weighted by atomic mass is 19.1. The zero-order valence-electron chi connectivity index (χ0n) is 10.4. The van der Waals surface area contributed by atoms with Crippen LogP contribution in [0.5, 0.6) is 0 Å². The van der Waals surface area contributed by atoms with Gasteiger partial charge >= 0.3 is 0 Å². The van der Waals surface area contributed by atoms with E-state index in [1.807, 2.05) is 0 Å². The molecule has 0 aliphatic heterocycles. The van der Waals surface area contributed by atoms with Crippen molar-refractivity contribution < 1.29 is 13.6 Å². The SMILES string of the molecule is NCCC(=O)N(Cc1ccco1)c1cccc(F)c1. The Morgan fingerprint density at radius 3 is 2.79 bits per heavy atom. The van der Waals surface area contributed by atoms with Gasteiger partial charge in [-0.15, -0.1) is 0 Å². The molecule has 1 amide bonds. The molecule has 5 heteroatoms. The molecule has 2 rings (SSSR count). The fourth-order valence-corrected chi connectivity index (χ4v) is 1.78. The highest BCUT2D eigenvalue weighted by molar-refractivity contribution is 5.93. The first-order chi connectivity index (χ1) is 9.20. The predicted octanol–water partition coefficient (Wildman–Crippen LogP) is 2.30. The quantitative estimate of drug-likeness (QED) is 0.899. The molecule has 0 bridgehead atoms. The molecule has 0 spiro atoms. The Hall–Kier alpha value is -2.14. The number of rotatable bonds is 5. The highest BCUT2D eigenvalue weighted by Gasteiger charge is 2.17. The van der Waals surface area contributed by atoms with Gasteiger partial charge in [-0.1, -0.05) is 6.07 Å². The molecule has 4 nitrogen and oxygen atoms in total. The van der Waals surface area contributed by atoms with E-state index >= 15 is 0 Å². The third-order valence-electron chi connectivity index (χ3n) is 2.67. The zero-order valence-corrected chi connectivity index (χ0v) is 10.4. The largest absolute Gasteiger partial charge is 0.467 e. The van der Waals surface area contributed by atoms with Crippen LogP contribution < -0.4 is 10.6 Å². The standard InChI is InChI=1S/C14H15FN2O2/c15-11-3-1-4-12(9-11)17(14(18)6-7-16)10-13-5-2-8-19-13/h1-5,8-9H,6-7,10,16H2. The summed E-state index contributed by atoms with van der Waals surface area (Å²) in [6.45, 7) is 0.512. The Bertz CT molecular complexity index is 540. The van der Waals surface area contributed by atoms with Crippen LogP contribution in [0.2, 0.25) is 0 Å². The maximum absolute atomic E-state index is 13.3. The van der Waals surface area contributed by atoms with Crippen molar-refractivity contribution in [2.75, 3.05) is 11.4 Å². The van der Waals surface area contributed by atoms with Crippen molar-refractivity contribution in [2.45, 2.75) is 13.0 Å². The summed E-state index contributed by atoms with van der Waals surface area (Å²) in [5.74, 6) is 0.0848. The Morgan fingerprint density at radius 2 is 2.16 bits per heavy atom. The van der Waals surface area contributed by atoms with Crippen molar-refractivity contribution in [2.24, 2.45) is 5.73 Å². The van der Waals surface area contributed by atoms with Crippen LogP contribution >= 0.6 is 0 Å². The van der Waals surface area contributed by atoms with Crippen molar-refractivity contribution in [3.8, 4) is 0 Å². The molecule has 100 valence electrons. The second-order valence-corrected chi connectivity index (χ2v) is 4.08. The molecule has 0 saturated carbocycles. The van der Waals surface area contributed by atoms with Crippen LogP contribution in [0, 0.1) is 5.82 Å². The molecule has 0 fully saturated rings. The number of benzene rings is 1. The first kappa shape index (κ1) is 13.3. The summed E-state index contributed by atoms with van der Waals surface area (Å²) in [7, 11) is 0. The lowest BCUT2D eigenvalue weighted by molar-refractivity contribution is -0.118. The Balaban J connectivity index is 2.25. The second-order valence-electron chi connectivity index (χ2n) is 4.08. The summed E-state index contributed by atoms with van der Waals surface area (Å²) in [5, 5.41) is 0. The average molecular weight is 262 g/mol. The Kier molecular flexibility index (Phi) is 4.30. The number of hydrogen-bond donors (Lipinski definition) is 1. The zero-order chi connectivity index (χ0) is 13.7. The molecule has 1 aromatic carbocycles. The van der Waals surface area contributed by atoms with Crippen LogP contribution in [-0.2, 0) is 11.3 Å². The van der Waals surface area contributed by atoms with Gasteiger partial charge in [-0.2, -0.15) is 0 Å².